The molecule has 0 saturated carbocycles. The second-order valence-electron chi connectivity index (χ2n) is 4.53. The van der Waals surface area contributed by atoms with Gasteiger partial charge in [0.1, 0.15) is 0 Å². The van der Waals surface area contributed by atoms with Crippen molar-refractivity contribution in [3.63, 3.8) is 0 Å². The molecule has 1 N–H and O–H groups in total. The lowest BCUT2D eigenvalue weighted by molar-refractivity contribution is 0.147. The smallest absolute Gasteiger partial charge is 0.0587 e. The molecule has 0 aromatic heterocycles. The fourth-order valence-corrected chi connectivity index (χ4v) is 2.34. The summed E-state index contributed by atoms with van der Waals surface area (Å²) in [6.07, 6.45) is 2.73. The highest BCUT2D eigenvalue weighted by molar-refractivity contribution is 4.79. The number of rotatable bonds is 6. The first kappa shape index (κ1) is 12.9. The van der Waals surface area contributed by atoms with Gasteiger partial charge in [-0.05, 0) is 38.8 Å². The van der Waals surface area contributed by atoms with Crippen LogP contribution in [-0.4, -0.2) is 50.8 Å². The van der Waals surface area contributed by atoms with Crippen LogP contribution in [0.5, 0.6) is 0 Å². The first-order valence-corrected chi connectivity index (χ1v) is 6.22. The third-order valence-electron chi connectivity index (χ3n) is 3.47. The number of nitrogens with zero attached hydrogens (tertiary/aromatic N) is 1. The van der Waals surface area contributed by atoms with Gasteiger partial charge in [0.05, 0.1) is 6.61 Å². The lowest BCUT2D eigenvalue weighted by atomic mass is 9.91. The molecular weight excluding hydrogens is 188 g/mol. The molecule has 0 aromatic carbocycles. The molecule has 90 valence electrons. The topological polar surface area (TPSA) is 24.5 Å². The Kier molecular flexibility index (Phi) is 6.22. The van der Waals surface area contributed by atoms with E-state index in [1.54, 1.807) is 7.11 Å². The van der Waals surface area contributed by atoms with E-state index in [1.165, 1.54) is 32.5 Å². The highest BCUT2D eigenvalue weighted by Gasteiger charge is 2.23. The second kappa shape index (κ2) is 7.20. The Morgan fingerprint density at radius 2 is 2.33 bits per heavy atom. The predicted molar refractivity (Wildman–Crippen MR) is 64.2 cm³/mol. The zero-order valence-corrected chi connectivity index (χ0v) is 10.5. The predicted octanol–water partition coefficient (Wildman–Crippen LogP) is 1.34. The Hall–Kier alpha value is -0.120. The molecule has 3 nitrogen and oxygen atoms in total. The summed E-state index contributed by atoms with van der Waals surface area (Å²) in [6.45, 7) is 10.1. The molecule has 0 spiro atoms. The van der Waals surface area contributed by atoms with Crippen LogP contribution in [0.2, 0.25) is 0 Å². The molecule has 15 heavy (non-hydrogen) atoms. The Balaban J connectivity index is 2.22. The van der Waals surface area contributed by atoms with Crippen LogP contribution >= 0.6 is 0 Å². The number of ether oxygens (including phenoxy) is 1. The van der Waals surface area contributed by atoms with Gasteiger partial charge in [0.15, 0.2) is 0 Å². The fourth-order valence-electron chi connectivity index (χ4n) is 2.34. The van der Waals surface area contributed by atoms with Gasteiger partial charge in [-0.25, -0.2) is 0 Å². The molecule has 0 aromatic rings. The minimum Gasteiger partial charge on any atom is -0.383 e. The number of likely N-dealkylation sites (tertiary alicyclic amines) is 1. The fraction of sp³-hybridized carbons (Fsp3) is 1.00. The van der Waals surface area contributed by atoms with Crippen LogP contribution in [0.15, 0.2) is 0 Å². The van der Waals surface area contributed by atoms with Crippen molar-refractivity contribution in [3.05, 3.63) is 0 Å². The van der Waals surface area contributed by atoms with Crippen LogP contribution in [0.1, 0.15) is 26.7 Å². The average Bonchev–Trinajstić information content (AvgIpc) is 2.29. The molecule has 1 saturated heterocycles. The molecule has 0 amide bonds. The number of hydrogen-bond donors (Lipinski definition) is 1. The Morgan fingerprint density at radius 1 is 1.53 bits per heavy atom. The molecule has 2 unspecified atom stereocenters. The zero-order valence-electron chi connectivity index (χ0n) is 10.5. The normalized spacial score (nSPS) is 25.4. The summed E-state index contributed by atoms with van der Waals surface area (Å²) in [6, 6.07) is 0.620. The monoisotopic (exact) mass is 214 g/mol. The number of nitrogens with one attached hydrogen (secondary N) is 1. The minimum atomic E-state index is 0.620. The van der Waals surface area contributed by atoms with E-state index >= 15 is 0 Å². The van der Waals surface area contributed by atoms with Gasteiger partial charge in [-0.15, -0.1) is 0 Å². The molecule has 0 radical (unpaired) electrons. The SMILES string of the molecule is CCN1CCCC(C(C)NCCOC)C1. The van der Waals surface area contributed by atoms with E-state index in [1.807, 2.05) is 0 Å². The van der Waals surface area contributed by atoms with Crippen molar-refractivity contribution in [1.82, 2.24) is 10.2 Å². The maximum Gasteiger partial charge on any atom is 0.0587 e. The van der Waals surface area contributed by atoms with E-state index in [9.17, 15) is 0 Å². The minimum absolute atomic E-state index is 0.620. The van der Waals surface area contributed by atoms with E-state index < -0.39 is 0 Å². The van der Waals surface area contributed by atoms with Crippen LogP contribution in [0, 0.1) is 5.92 Å². The van der Waals surface area contributed by atoms with Gasteiger partial charge in [0.2, 0.25) is 0 Å². The van der Waals surface area contributed by atoms with Crippen molar-refractivity contribution in [2.24, 2.45) is 5.92 Å². The summed E-state index contributed by atoms with van der Waals surface area (Å²) in [7, 11) is 1.76. The van der Waals surface area contributed by atoms with Crippen molar-refractivity contribution in [1.29, 1.82) is 0 Å². The Morgan fingerprint density at radius 3 is 3.00 bits per heavy atom. The Labute approximate surface area is 94.2 Å². The molecule has 1 aliphatic rings. The molecule has 2 atom stereocenters. The molecule has 0 bridgehead atoms. The van der Waals surface area contributed by atoms with E-state index in [0.717, 1.165) is 19.1 Å². The van der Waals surface area contributed by atoms with Crippen molar-refractivity contribution in [3.8, 4) is 0 Å². The van der Waals surface area contributed by atoms with Crippen molar-refractivity contribution in [2.75, 3.05) is 39.9 Å². The summed E-state index contributed by atoms with van der Waals surface area (Å²) in [4.78, 5) is 2.56. The third-order valence-corrected chi connectivity index (χ3v) is 3.47. The molecule has 1 fully saturated rings. The number of hydrogen-bond acceptors (Lipinski definition) is 3. The van der Waals surface area contributed by atoms with Gasteiger partial charge >= 0.3 is 0 Å². The van der Waals surface area contributed by atoms with Gasteiger partial charge in [-0.3, -0.25) is 0 Å². The van der Waals surface area contributed by atoms with Crippen molar-refractivity contribution in [2.45, 2.75) is 32.7 Å². The molecule has 0 aliphatic carbocycles. The molecule has 1 rings (SSSR count). The highest BCUT2D eigenvalue weighted by Crippen LogP contribution is 2.19. The van der Waals surface area contributed by atoms with Gasteiger partial charge in [-0.2, -0.15) is 0 Å². The molecule has 1 aliphatic heterocycles. The Bertz CT molecular complexity index is 164. The maximum absolute atomic E-state index is 5.05. The first-order chi connectivity index (χ1) is 7.27. The standard InChI is InChI=1S/C12H26N2O/c1-4-14-8-5-6-12(10-14)11(2)13-7-9-15-3/h11-13H,4-10H2,1-3H3. The molecule has 3 heteroatoms. The summed E-state index contributed by atoms with van der Waals surface area (Å²) in [5, 5.41) is 3.55. The summed E-state index contributed by atoms with van der Waals surface area (Å²) < 4.78 is 5.05. The average molecular weight is 214 g/mol. The zero-order chi connectivity index (χ0) is 11.1. The maximum atomic E-state index is 5.05. The summed E-state index contributed by atoms with van der Waals surface area (Å²) in [5.41, 5.74) is 0. The third kappa shape index (κ3) is 4.49. The van der Waals surface area contributed by atoms with Gasteiger partial charge in [-0.1, -0.05) is 6.92 Å². The quantitative estimate of drug-likeness (QED) is 0.675. The van der Waals surface area contributed by atoms with Gasteiger partial charge in [0, 0.05) is 26.2 Å². The van der Waals surface area contributed by atoms with Gasteiger partial charge in [0.25, 0.3) is 0 Å². The second-order valence-corrected chi connectivity index (χ2v) is 4.53. The lowest BCUT2D eigenvalue weighted by Crippen LogP contribution is -2.45. The van der Waals surface area contributed by atoms with Crippen LogP contribution < -0.4 is 5.32 Å². The largest absolute Gasteiger partial charge is 0.383 e. The van der Waals surface area contributed by atoms with Crippen LogP contribution in [0.4, 0.5) is 0 Å². The van der Waals surface area contributed by atoms with E-state index in [4.69, 9.17) is 4.74 Å². The van der Waals surface area contributed by atoms with Crippen LogP contribution in [-0.2, 0) is 4.74 Å². The van der Waals surface area contributed by atoms with Crippen LogP contribution in [0.25, 0.3) is 0 Å². The van der Waals surface area contributed by atoms with Gasteiger partial charge < -0.3 is 15.0 Å². The molecule has 1 heterocycles. The number of piperidine rings is 1. The van der Waals surface area contributed by atoms with Crippen molar-refractivity contribution >= 4 is 0 Å². The van der Waals surface area contributed by atoms with E-state index in [-0.39, 0.29) is 0 Å². The van der Waals surface area contributed by atoms with E-state index in [2.05, 4.69) is 24.1 Å². The van der Waals surface area contributed by atoms with E-state index in [0.29, 0.717) is 6.04 Å². The molecular formula is C12H26N2O. The highest BCUT2D eigenvalue weighted by atomic mass is 16.5. The number of methoxy groups -OCH3 is 1. The lowest BCUT2D eigenvalue weighted by Gasteiger charge is -2.35. The summed E-state index contributed by atoms with van der Waals surface area (Å²) in [5.74, 6) is 0.815. The summed E-state index contributed by atoms with van der Waals surface area (Å²) >= 11 is 0. The van der Waals surface area contributed by atoms with Crippen LogP contribution in [0.3, 0.4) is 0 Å². The first-order valence-electron chi connectivity index (χ1n) is 6.22. The van der Waals surface area contributed by atoms with Crippen molar-refractivity contribution < 1.29 is 4.74 Å².